The first kappa shape index (κ1) is 19.8. The molecule has 30 heavy (non-hydrogen) atoms. The Balaban J connectivity index is 1.82. The van der Waals surface area contributed by atoms with Gasteiger partial charge in [0.05, 0.1) is 16.2 Å². The van der Waals surface area contributed by atoms with Crippen molar-refractivity contribution in [3.63, 3.8) is 0 Å². The highest BCUT2D eigenvalue weighted by Gasteiger charge is 2.34. The van der Waals surface area contributed by atoms with E-state index in [2.05, 4.69) is 4.99 Å². The van der Waals surface area contributed by atoms with Gasteiger partial charge in [0.25, 0.3) is 11.6 Å². The molecule has 1 amide bonds. The predicted molar refractivity (Wildman–Crippen MR) is 118 cm³/mol. The van der Waals surface area contributed by atoms with E-state index in [0.717, 1.165) is 28.2 Å². The molecule has 4 rings (SSSR count). The molecule has 0 aliphatic carbocycles. The topological polar surface area (TPSA) is 105 Å². The molecular weight excluding hydrogens is 402 g/mol. The standard InChI is InChI=1S/C21H19N5O3S/c1-11-5-6-16(26(28)29)9-18(11)24-12(2)7-15(14(24)4)8-17-19(22)25-13(3)10-30-21(25)23-20(17)27/h5-10,22H,1-4H3/b17-8-,22-19?. The third-order valence-electron chi connectivity index (χ3n) is 5.20. The molecule has 2 aromatic rings. The number of benzene rings is 1. The van der Waals surface area contributed by atoms with E-state index < -0.39 is 10.8 Å². The summed E-state index contributed by atoms with van der Waals surface area (Å²) in [7, 11) is 0. The van der Waals surface area contributed by atoms with Gasteiger partial charge in [-0.1, -0.05) is 17.8 Å². The number of aryl methyl sites for hydroxylation is 2. The minimum Gasteiger partial charge on any atom is -0.317 e. The minimum atomic E-state index is -0.446. The number of carbonyl (C=O) groups is 1. The lowest BCUT2D eigenvalue weighted by Gasteiger charge is -2.25. The third kappa shape index (κ3) is 3.07. The highest BCUT2D eigenvalue weighted by molar-refractivity contribution is 8.16. The van der Waals surface area contributed by atoms with Crippen LogP contribution >= 0.6 is 11.8 Å². The minimum absolute atomic E-state index is 0.0166. The monoisotopic (exact) mass is 421 g/mol. The number of hydrogen-bond acceptors (Lipinski definition) is 5. The molecule has 0 fully saturated rings. The zero-order valence-electron chi connectivity index (χ0n) is 16.9. The number of nitro benzene ring substituents is 1. The Morgan fingerprint density at radius 2 is 1.93 bits per heavy atom. The number of aliphatic imine (C=N–C) groups is 1. The van der Waals surface area contributed by atoms with Gasteiger partial charge in [-0.2, -0.15) is 4.99 Å². The van der Waals surface area contributed by atoms with Crippen LogP contribution in [-0.2, 0) is 4.79 Å². The second-order valence-electron chi connectivity index (χ2n) is 7.21. The maximum absolute atomic E-state index is 12.6. The van der Waals surface area contributed by atoms with Gasteiger partial charge >= 0.3 is 0 Å². The van der Waals surface area contributed by atoms with Crippen LogP contribution in [0.4, 0.5) is 5.69 Å². The molecule has 1 aromatic heterocycles. The Kier molecular flexibility index (Phi) is 4.70. The lowest BCUT2D eigenvalue weighted by Crippen LogP contribution is -2.37. The summed E-state index contributed by atoms with van der Waals surface area (Å²) in [5.41, 5.74) is 5.14. The lowest BCUT2D eigenvalue weighted by molar-refractivity contribution is -0.384. The van der Waals surface area contributed by atoms with Crippen molar-refractivity contribution in [3.8, 4) is 5.69 Å². The van der Waals surface area contributed by atoms with E-state index in [1.807, 2.05) is 43.7 Å². The number of nitro groups is 1. The average molecular weight is 421 g/mol. The van der Waals surface area contributed by atoms with Gasteiger partial charge in [0, 0.05) is 29.2 Å². The van der Waals surface area contributed by atoms with Gasteiger partial charge in [0.1, 0.15) is 5.84 Å². The molecule has 0 saturated carbocycles. The molecule has 0 atom stereocenters. The number of fused-ring (bicyclic) bond motifs is 1. The molecule has 0 radical (unpaired) electrons. The van der Waals surface area contributed by atoms with Crippen LogP contribution in [-0.4, -0.2) is 31.3 Å². The molecule has 152 valence electrons. The molecule has 2 aliphatic heterocycles. The Labute approximate surface area is 177 Å². The highest BCUT2D eigenvalue weighted by atomic mass is 32.2. The summed E-state index contributed by atoms with van der Waals surface area (Å²) >= 11 is 1.33. The first-order chi connectivity index (χ1) is 14.2. The first-order valence-electron chi connectivity index (χ1n) is 9.20. The molecule has 1 N–H and O–H groups in total. The first-order valence-corrected chi connectivity index (χ1v) is 10.1. The number of nitrogens with zero attached hydrogens (tertiary/aromatic N) is 4. The predicted octanol–water partition coefficient (Wildman–Crippen LogP) is 4.48. The lowest BCUT2D eigenvalue weighted by atomic mass is 10.1. The third-order valence-corrected chi connectivity index (χ3v) is 6.14. The number of hydrogen-bond donors (Lipinski definition) is 1. The van der Waals surface area contributed by atoms with Gasteiger partial charge in [-0.3, -0.25) is 25.2 Å². The van der Waals surface area contributed by atoms with E-state index in [-0.39, 0.29) is 17.1 Å². The summed E-state index contributed by atoms with van der Waals surface area (Å²) in [6, 6.07) is 6.66. The average Bonchev–Trinajstić information content (AvgIpc) is 3.18. The van der Waals surface area contributed by atoms with E-state index >= 15 is 0 Å². The summed E-state index contributed by atoms with van der Waals surface area (Å²) in [6.45, 7) is 7.56. The summed E-state index contributed by atoms with van der Waals surface area (Å²) in [6.07, 6.45) is 1.67. The quantitative estimate of drug-likeness (QED) is 0.447. The molecule has 8 nitrogen and oxygen atoms in total. The van der Waals surface area contributed by atoms with Gasteiger partial charge in [-0.25, -0.2) is 0 Å². The summed E-state index contributed by atoms with van der Waals surface area (Å²) in [5, 5.41) is 22.1. The van der Waals surface area contributed by atoms with Crippen LogP contribution in [0.3, 0.4) is 0 Å². The molecule has 0 bridgehead atoms. The maximum atomic E-state index is 12.6. The number of thioether (sulfide) groups is 1. The number of allylic oxidation sites excluding steroid dienone is 1. The number of aromatic nitrogens is 1. The van der Waals surface area contributed by atoms with Crippen molar-refractivity contribution in [2.24, 2.45) is 4.99 Å². The van der Waals surface area contributed by atoms with Crippen LogP contribution in [0, 0.1) is 36.3 Å². The van der Waals surface area contributed by atoms with Gasteiger partial charge in [-0.15, -0.1) is 0 Å². The van der Waals surface area contributed by atoms with Gasteiger partial charge in [-0.05, 0) is 56.4 Å². The van der Waals surface area contributed by atoms with Crippen LogP contribution < -0.4 is 0 Å². The fourth-order valence-electron chi connectivity index (χ4n) is 3.65. The fourth-order valence-corrected chi connectivity index (χ4v) is 4.51. The molecule has 0 saturated heterocycles. The van der Waals surface area contributed by atoms with Crippen molar-refractivity contribution >= 4 is 40.4 Å². The zero-order chi connectivity index (χ0) is 21.7. The van der Waals surface area contributed by atoms with Crippen molar-refractivity contribution in [1.29, 1.82) is 5.41 Å². The number of amides is 1. The molecule has 0 spiro atoms. The Hall–Kier alpha value is -3.46. The second kappa shape index (κ2) is 7.10. The van der Waals surface area contributed by atoms with E-state index in [1.165, 1.54) is 17.8 Å². The Bertz CT molecular complexity index is 1240. The number of non-ortho nitro benzene ring substituents is 1. The van der Waals surface area contributed by atoms with Crippen LogP contribution in [0.25, 0.3) is 11.8 Å². The van der Waals surface area contributed by atoms with Crippen LogP contribution in [0.5, 0.6) is 0 Å². The molecule has 2 aliphatic rings. The fraction of sp³-hybridized carbons (Fsp3) is 0.190. The van der Waals surface area contributed by atoms with Crippen molar-refractivity contribution in [2.45, 2.75) is 27.7 Å². The van der Waals surface area contributed by atoms with Crippen molar-refractivity contribution < 1.29 is 9.72 Å². The van der Waals surface area contributed by atoms with E-state index in [9.17, 15) is 14.9 Å². The number of carbonyl (C=O) groups excluding carboxylic acids is 1. The van der Waals surface area contributed by atoms with Crippen LogP contribution in [0.2, 0.25) is 0 Å². The van der Waals surface area contributed by atoms with Crippen molar-refractivity contribution in [2.75, 3.05) is 0 Å². The number of nitrogens with one attached hydrogen (secondary N) is 1. The van der Waals surface area contributed by atoms with Crippen molar-refractivity contribution in [1.82, 2.24) is 9.47 Å². The molecule has 9 heteroatoms. The largest absolute Gasteiger partial charge is 0.317 e. The van der Waals surface area contributed by atoms with Crippen LogP contribution in [0.15, 0.2) is 45.9 Å². The Morgan fingerprint density at radius 1 is 1.20 bits per heavy atom. The smallest absolute Gasteiger partial charge is 0.283 e. The summed E-state index contributed by atoms with van der Waals surface area (Å²) < 4.78 is 1.93. The zero-order valence-corrected chi connectivity index (χ0v) is 17.7. The molecular formula is C21H19N5O3S. The molecule has 0 unspecified atom stereocenters. The van der Waals surface area contributed by atoms with Crippen LogP contribution in [0.1, 0.15) is 29.4 Å². The van der Waals surface area contributed by atoms with E-state index in [4.69, 9.17) is 5.41 Å². The normalized spacial score (nSPS) is 17.3. The van der Waals surface area contributed by atoms with Gasteiger partial charge in [0.2, 0.25) is 0 Å². The second-order valence-corrected chi connectivity index (χ2v) is 8.04. The maximum Gasteiger partial charge on any atom is 0.283 e. The van der Waals surface area contributed by atoms with Gasteiger partial charge in [0.15, 0.2) is 5.17 Å². The number of rotatable bonds is 3. The molecule has 1 aromatic carbocycles. The summed E-state index contributed by atoms with van der Waals surface area (Å²) in [4.78, 5) is 29.1. The summed E-state index contributed by atoms with van der Waals surface area (Å²) in [5.74, 6) is -0.349. The Morgan fingerprint density at radius 3 is 2.63 bits per heavy atom. The number of amidine groups is 2. The van der Waals surface area contributed by atoms with E-state index in [0.29, 0.717) is 10.9 Å². The SMILES string of the molecule is CC1=CSC2=NC(=O)/C(=C\c3cc(C)n(-c4cc([N+](=O)[O-])ccc4C)c3C)C(=N)N12. The van der Waals surface area contributed by atoms with Gasteiger partial charge < -0.3 is 4.57 Å². The van der Waals surface area contributed by atoms with E-state index in [1.54, 1.807) is 23.1 Å². The highest BCUT2D eigenvalue weighted by Crippen LogP contribution is 2.33. The molecule has 3 heterocycles. The van der Waals surface area contributed by atoms with Crippen molar-refractivity contribution in [3.05, 3.63) is 73.6 Å².